The van der Waals surface area contributed by atoms with Gasteiger partial charge < -0.3 is 20.4 Å². The maximum absolute atomic E-state index is 13.2. The van der Waals surface area contributed by atoms with Crippen LogP contribution in [-0.2, 0) is 4.79 Å². The number of pyridine rings is 1. The molecule has 148 valence electrons. The number of halogens is 1. The predicted octanol–water partition coefficient (Wildman–Crippen LogP) is 2.07. The van der Waals surface area contributed by atoms with Crippen LogP contribution >= 0.6 is 12.4 Å². The fraction of sp³-hybridized carbons (Fsp3) is 0.350. The van der Waals surface area contributed by atoms with E-state index < -0.39 is 0 Å². The monoisotopic (exact) mass is 401 g/mol. The molecular formula is C20H24ClN5O2. The van der Waals surface area contributed by atoms with Gasteiger partial charge in [-0.25, -0.2) is 0 Å². The molecule has 2 amide bonds. The number of likely N-dealkylation sites (N-methyl/N-ethyl adjacent to an activating group) is 1. The van der Waals surface area contributed by atoms with E-state index in [1.165, 1.54) is 0 Å². The quantitative estimate of drug-likeness (QED) is 0.805. The van der Waals surface area contributed by atoms with Crippen LogP contribution in [0.4, 0.5) is 11.4 Å². The highest BCUT2D eigenvalue weighted by Crippen LogP contribution is 2.33. The smallest absolute Gasteiger partial charge is 0.254 e. The van der Waals surface area contributed by atoms with Crippen molar-refractivity contribution in [2.75, 3.05) is 36.9 Å². The molecule has 28 heavy (non-hydrogen) atoms. The Hall–Kier alpha value is -2.64. The lowest BCUT2D eigenvalue weighted by molar-refractivity contribution is -0.117. The van der Waals surface area contributed by atoms with Crippen molar-refractivity contribution in [2.24, 2.45) is 0 Å². The SMILES string of the molecule is CC1C(=O)Nc2cc(C(=O)N3CCNCC3c3cccnc3)ccc2N1C.Cl. The Morgan fingerprint density at radius 2 is 2.11 bits per heavy atom. The van der Waals surface area contributed by atoms with Gasteiger partial charge in [0.15, 0.2) is 0 Å². The van der Waals surface area contributed by atoms with E-state index in [-0.39, 0.29) is 36.3 Å². The third-order valence-corrected chi connectivity index (χ3v) is 5.42. The molecule has 8 heteroatoms. The third kappa shape index (κ3) is 3.55. The molecule has 1 saturated heterocycles. The van der Waals surface area contributed by atoms with Crippen molar-refractivity contribution in [3.63, 3.8) is 0 Å². The number of carbonyl (C=O) groups excluding carboxylic acids is 2. The van der Waals surface area contributed by atoms with Crippen molar-refractivity contribution in [2.45, 2.75) is 19.0 Å². The summed E-state index contributed by atoms with van der Waals surface area (Å²) in [6.45, 7) is 3.93. The zero-order chi connectivity index (χ0) is 19.0. The Morgan fingerprint density at radius 3 is 2.86 bits per heavy atom. The molecule has 2 aromatic rings. The fourth-order valence-electron chi connectivity index (χ4n) is 3.68. The lowest BCUT2D eigenvalue weighted by Crippen LogP contribution is -2.48. The molecule has 2 aliphatic rings. The average Bonchev–Trinajstić information content (AvgIpc) is 2.72. The second-order valence-corrected chi connectivity index (χ2v) is 7.01. The first-order valence-electron chi connectivity index (χ1n) is 9.15. The van der Waals surface area contributed by atoms with Crippen LogP contribution in [0.3, 0.4) is 0 Å². The Labute approximate surface area is 170 Å². The number of hydrogen-bond donors (Lipinski definition) is 2. The van der Waals surface area contributed by atoms with Gasteiger partial charge in [0.1, 0.15) is 6.04 Å². The molecule has 0 radical (unpaired) electrons. The van der Waals surface area contributed by atoms with Gasteiger partial charge >= 0.3 is 0 Å². The van der Waals surface area contributed by atoms with E-state index >= 15 is 0 Å². The molecule has 1 aromatic heterocycles. The first kappa shape index (κ1) is 20.1. The summed E-state index contributed by atoms with van der Waals surface area (Å²) >= 11 is 0. The number of fused-ring (bicyclic) bond motifs is 1. The number of carbonyl (C=O) groups is 2. The molecular weight excluding hydrogens is 378 g/mol. The number of hydrogen-bond acceptors (Lipinski definition) is 5. The van der Waals surface area contributed by atoms with Gasteiger partial charge in [0.05, 0.1) is 17.4 Å². The Bertz CT molecular complexity index is 876. The van der Waals surface area contributed by atoms with Crippen molar-refractivity contribution in [3.8, 4) is 0 Å². The van der Waals surface area contributed by atoms with E-state index in [9.17, 15) is 9.59 Å². The topological polar surface area (TPSA) is 77.6 Å². The number of aromatic nitrogens is 1. The van der Waals surface area contributed by atoms with Crippen LogP contribution in [0.2, 0.25) is 0 Å². The second-order valence-electron chi connectivity index (χ2n) is 7.01. The molecule has 0 bridgehead atoms. The summed E-state index contributed by atoms with van der Waals surface area (Å²) in [5, 5.41) is 6.26. The fourth-order valence-corrected chi connectivity index (χ4v) is 3.68. The summed E-state index contributed by atoms with van der Waals surface area (Å²) in [6, 6.07) is 9.10. The van der Waals surface area contributed by atoms with Crippen molar-refractivity contribution in [1.82, 2.24) is 15.2 Å². The number of piperazine rings is 1. The van der Waals surface area contributed by atoms with Crippen LogP contribution < -0.4 is 15.5 Å². The van der Waals surface area contributed by atoms with E-state index in [0.29, 0.717) is 24.3 Å². The van der Waals surface area contributed by atoms with Crippen molar-refractivity contribution < 1.29 is 9.59 Å². The molecule has 0 saturated carbocycles. The summed E-state index contributed by atoms with van der Waals surface area (Å²) in [7, 11) is 1.89. The van der Waals surface area contributed by atoms with Gasteiger partial charge in [-0.1, -0.05) is 6.07 Å². The van der Waals surface area contributed by atoms with Gasteiger partial charge in [0, 0.05) is 44.6 Å². The number of nitrogens with one attached hydrogen (secondary N) is 2. The Morgan fingerprint density at radius 1 is 1.29 bits per heavy atom. The number of rotatable bonds is 2. The lowest BCUT2D eigenvalue weighted by atomic mass is 10.0. The van der Waals surface area contributed by atoms with E-state index in [4.69, 9.17) is 0 Å². The van der Waals surface area contributed by atoms with Gasteiger partial charge in [0.2, 0.25) is 5.91 Å². The van der Waals surface area contributed by atoms with Gasteiger partial charge in [0.25, 0.3) is 5.91 Å². The van der Waals surface area contributed by atoms with E-state index in [2.05, 4.69) is 15.6 Å². The maximum atomic E-state index is 13.2. The van der Waals surface area contributed by atoms with Crippen LogP contribution in [0.5, 0.6) is 0 Å². The van der Waals surface area contributed by atoms with Crippen molar-refractivity contribution in [3.05, 3.63) is 53.9 Å². The van der Waals surface area contributed by atoms with Gasteiger partial charge in [-0.05, 0) is 36.8 Å². The molecule has 3 heterocycles. The summed E-state index contributed by atoms with van der Waals surface area (Å²) in [5.41, 5.74) is 3.19. The summed E-state index contributed by atoms with van der Waals surface area (Å²) < 4.78 is 0. The third-order valence-electron chi connectivity index (χ3n) is 5.42. The van der Waals surface area contributed by atoms with Crippen molar-refractivity contribution >= 4 is 35.6 Å². The molecule has 2 atom stereocenters. The summed E-state index contributed by atoms with van der Waals surface area (Å²) in [5.74, 6) is -0.103. The summed E-state index contributed by atoms with van der Waals surface area (Å²) in [6.07, 6.45) is 3.54. The zero-order valence-electron chi connectivity index (χ0n) is 15.9. The molecule has 2 aliphatic heterocycles. The van der Waals surface area contributed by atoms with Crippen LogP contribution in [0.25, 0.3) is 0 Å². The minimum absolute atomic E-state index is 0. The molecule has 2 unspecified atom stereocenters. The first-order chi connectivity index (χ1) is 13.1. The highest BCUT2D eigenvalue weighted by Gasteiger charge is 2.31. The molecule has 1 fully saturated rings. The molecule has 7 nitrogen and oxygen atoms in total. The summed E-state index contributed by atoms with van der Waals surface area (Å²) in [4.78, 5) is 33.4. The van der Waals surface area contributed by atoms with E-state index in [0.717, 1.165) is 17.8 Å². The number of benzene rings is 1. The average molecular weight is 402 g/mol. The first-order valence-corrected chi connectivity index (χ1v) is 9.15. The van der Waals surface area contributed by atoms with E-state index in [1.807, 2.05) is 48.0 Å². The maximum Gasteiger partial charge on any atom is 0.254 e. The molecule has 2 N–H and O–H groups in total. The zero-order valence-corrected chi connectivity index (χ0v) is 16.7. The largest absolute Gasteiger partial charge is 0.361 e. The minimum atomic E-state index is -0.234. The Kier molecular flexibility index (Phi) is 5.86. The van der Waals surface area contributed by atoms with Crippen molar-refractivity contribution in [1.29, 1.82) is 0 Å². The second kappa shape index (κ2) is 8.16. The molecule has 0 spiro atoms. The molecule has 4 rings (SSSR count). The lowest BCUT2D eigenvalue weighted by Gasteiger charge is -2.37. The van der Waals surface area contributed by atoms with Gasteiger partial charge in [-0.3, -0.25) is 14.6 Å². The van der Waals surface area contributed by atoms with Gasteiger partial charge in [-0.15, -0.1) is 12.4 Å². The highest BCUT2D eigenvalue weighted by molar-refractivity contribution is 6.05. The van der Waals surface area contributed by atoms with Crippen LogP contribution in [-0.4, -0.2) is 54.4 Å². The number of amides is 2. The Balaban J connectivity index is 0.00000225. The number of nitrogens with zero attached hydrogens (tertiary/aromatic N) is 3. The highest BCUT2D eigenvalue weighted by atomic mass is 35.5. The van der Waals surface area contributed by atoms with Crippen LogP contribution in [0.1, 0.15) is 28.9 Å². The van der Waals surface area contributed by atoms with Crippen LogP contribution in [0.15, 0.2) is 42.7 Å². The standard InChI is InChI=1S/C20H23N5O2.ClH/c1-13-19(26)23-16-10-14(5-6-17(16)24(13)2)20(27)25-9-8-22-12-18(25)15-4-3-7-21-11-15;/h3-7,10-11,13,18,22H,8-9,12H2,1-2H3,(H,23,26);1H. The van der Waals surface area contributed by atoms with Crippen LogP contribution in [0, 0.1) is 0 Å². The van der Waals surface area contributed by atoms with E-state index in [1.54, 1.807) is 18.5 Å². The minimum Gasteiger partial charge on any atom is -0.361 e. The molecule has 0 aliphatic carbocycles. The molecule has 1 aromatic carbocycles. The van der Waals surface area contributed by atoms with Gasteiger partial charge in [-0.2, -0.15) is 0 Å². The predicted molar refractivity (Wildman–Crippen MR) is 111 cm³/mol. The normalized spacial score (nSPS) is 21.4. The number of anilines is 2.